The molecule has 1 heterocycles. The summed E-state index contributed by atoms with van der Waals surface area (Å²) in [5, 5.41) is 2.57. The normalized spacial score (nSPS) is 30.8. The number of fused-ring (bicyclic) bond motifs is 5. The summed E-state index contributed by atoms with van der Waals surface area (Å²) in [5.41, 5.74) is 5.49. The number of hydrogen-bond acceptors (Lipinski definition) is 1. The van der Waals surface area contributed by atoms with E-state index in [1.54, 1.807) is 0 Å². The first-order valence-corrected chi connectivity index (χ1v) is 11.2. The van der Waals surface area contributed by atoms with E-state index < -0.39 is 0 Å². The van der Waals surface area contributed by atoms with Crippen LogP contribution in [-0.4, -0.2) is 0 Å². The number of furan rings is 1. The number of rotatable bonds is 1. The van der Waals surface area contributed by atoms with E-state index in [-0.39, 0.29) is 5.41 Å². The van der Waals surface area contributed by atoms with Crippen molar-refractivity contribution in [3.63, 3.8) is 0 Å². The molecule has 2 bridgehead atoms. The van der Waals surface area contributed by atoms with Crippen molar-refractivity contribution in [1.29, 1.82) is 0 Å². The first kappa shape index (κ1) is 18.3. The minimum absolute atomic E-state index is 0.138. The molecule has 0 aliphatic heterocycles. The predicted molar refractivity (Wildman–Crippen MR) is 119 cm³/mol. The molecular weight excluding hydrogens is 340 g/mol. The van der Waals surface area contributed by atoms with Crippen LogP contribution in [-0.2, 0) is 10.8 Å². The summed E-state index contributed by atoms with van der Waals surface area (Å²) in [6, 6.07) is 13.7. The molecule has 2 aliphatic carbocycles. The van der Waals surface area contributed by atoms with Gasteiger partial charge in [0.05, 0.1) is 0 Å². The van der Waals surface area contributed by atoms with E-state index in [1.807, 2.05) is 0 Å². The van der Waals surface area contributed by atoms with E-state index in [9.17, 15) is 0 Å². The summed E-state index contributed by atoms with van der Waals surface area (Å²) in [6.07, 6.45) is 6.81. The molecule has 0 amide bonds. The minimum atomic E-state index is 0.138. The summed E-state index contributed by atoms with van der Waals surface area (Å²) in [4.78, 5) is 0. The van der Waals surface area contributed by atoms with Crippen LogP contribution in [0.3, 0.4) is 0 Å². The second-order valence-corrected chi connectivity index (χ2v) is 11.2. The second kappa shape index (κ2) is 6.12. The minimum Gasteiger partial charge on any atom is -0.456 e. The summed E-state index contributed by atoms with van der Waals surface area (Å²) in [5.74, 6) is 2.52. The molecule has 0 N–H and O–H groups in total. The first-order valence-electron chi connectivity index (χ1n) is 11.2. The highest BCUT2D eigenvalue weighted by Crippen LogP contribution is 2.55. The van der Waals surface area contributed by atoms with E-state index in [2.05, 4.69) is 71.0 Å². The number of hydrogen-bond donors (Lipinski definition) is 0. The molecule has 28 heavy (non-hydrogen) atoms. The second-order valence-electron chi connectivity index (χ2n) is 11.2. The molecule has 2 aliphatic rings. The van der Waals surface area contributed by atoms with Gasteiger partial charge in [0, 0.05) is 16.3 Å². The van der Waals surface area contributed by atoms with Gasteiger partial charge in [0.15, 0.2) is 0 Å². The van der Waals surface area contributed by atoms with E-state index in [4.69, 9.17) is 4.42 Å². The average Bonchev–Trinajstić information content (AvgIpc) is 2.97. The Kier molecular flexibility index (Phi) is 3.99. The molecule has 1 nitrogen and oxygen atoms in total. The van der Waals surface area contributed by atoms with Gasteiger partial charge in [-0.1, -0.05) is 65.0 Å². The van der Waals surface area contributed by atoms with Gasteiger partial charge in [-0.3, -0.25) is 0 Å². The SMILES string of the molecule is C[C@@H]1CC2C[C@H](C)CC(c3cccc4c3oc3cc(C(C)(C)C)ccc34)(C2)C1. The molecule has 2 fully saturated rings. The van der Waals surface area contributed by atoms with Gasteiger partial charge < -0.3 is 4.42 Å². The van der Waals surface area contributed by atoms with Crippen LogP contribution >= 0.6 is 0 Å². The molecule has 2 saturated carbocycles. The van der Waals surface area contributed by atoms with E-state index >= 15 is 0 Å². The van der Waals surface area contributed by atoms with Gasteiger partial charge >= 0.3 is 0 Å². The lowest BCUT2D eigenvalue weighted by molar-refractivity contribution is 0.0784. The predicted octanol–water partition coefficient (Wildman–Crippen LogP) is 7.99. The molecule has 1 heteroatoms. The summed E-state index contributed by atoms with van der Waals surface area (Å²) in [6.45, 7) is 11.7. The van der Waals surface area contributed by atoms with Crippen LogP contribution in [0.4, 0.5) is 0 Å². The smallest absolute Gasteiger partial charge is 0.139 e. The van der Waals surface area contributed by atoms with Gasteiger partial charge in [-0.05, 0) is 72.3 Å². The van der Waals surface area contributed by atoms with Crippen molar-refractivity contribution in [3.05, 3.63) is 47.5 Å². The van der Waals surface area contributed by atoms with Crippen LogP contribution in [0.15, 0.2) is 40.8 Å². The first-order chi connectivity index (χ1) is 13.2. The van der Waals surface area contributed by atoms with Gasteiger partial charge in [-0.2, -0.15) is 0 Å². The van der Waals surface area contributed by atoms with Crippen LogP contribution in [0.2, 0.25) is 0 Å². The maximum atomic E-state index is 6.63. The maximum absolute atomic E-state index is 6.63. The van der Waals surface area contributed by atoms with Crippen LogP contribution in [0.1, 0.15) is 77.8 Å². The zero-order chi connectivity index (χ0) is 19.7. The molecule has 0 saturated heterocycles. The molecule has 4 atom stereocenters. The highest BCUT2D eigenvalue weighted by atomic mass is 16.3. The third-order valence-corrected chi connectivity index (χ3v) is 7.57. The van der Waals surface area contributed by atoms with Gasteiger partial charge in [-0.25, -0.2) is 0 Å². The summed E-state index contributed by atoms with van der Waals surface area (Å²) >= 11 is 0. The molecular formula is C27H34O. The maximum Gasteiger partial charge on any atom is 0.139 e. The lowest BCUT2D eigenvalue weighted by Crippen LogP contribution is -2.42. The van der Waals surface area contributed by atoms with Crippen molar-refractivity contribution >= 4 is 21.9 Å². The van der Waals surface area contributed by atoms with Crippen molar-refractivity contribution in [2.45, 2.75) is 77.6 Å². The van der Waals surface area contributed by atoms with Crippen molar-refractivity contribution in [2.75, 3.05) is 0 Å². The molecule has 148 valence electrons. The molecule has 5 rings (SSSR count). The van der Waals surface area contributed by atoms with Crippen molar-refractivity contribution < 1.29 is 4.42 Å². The molecule has 2 unspecified atom stereocenters. The van der Waals surface area contributed by atoms with Crippen molar-refractivity contribution in [1.82, 2.24) is 0 Å². The van der Waals surface area contributed by atoms with Crippen LogP contribution in [0, 0.1) is 17.8 Å². The standard InChI is InChI=1S/C27H34O/c1-17-11-19-12-18(2)15-27(14-17,16-19)23-8-6-7-22-21-10-9-20(26(3,4)5)13-24(21)28-25(22)23/h6-10,13,17-19H,11-12,14-16H2,1-5H3/t17-,18+,19?,27?. The van der Waals surface area contributed by atoms with Crippen LogP contribution < -0.4 is 0 Å². The summed E-state index contributed by atoms with van der Waals surface area (Å²) in [7, 11) is 0. The Balaban J connectivity index is 1.71. The average molecular weight is 375 g/mol. The Hall–Kier alpha value is -1.76. The van der Waals surface area contributed by atoms with E-state index in [0.717, 1.165) is 28.9 Å². The molecule has 2 aromatic carbocycles. The van der Waals surface area contributed by atoms with Gasteiger partial charge in [0.2, 0.25) is 0 Å². The lowest BCUT2D eigenvalue weighted by atomic mass is 9.54. The zero-order valence-corrected chi connectivity index (χ0v) is 18.1. The number of benzene rings is 2. The molecule has 3 aromatic rings. The third-order valence-electron chi connectivity index (χ3n) is 7.57. The lowest BCUT2D eigenvalue weighted by Gasteiger charge is -2.50. The Labute approximate surface area is 169 Å². The Morgan fingerprint density at radius 1 is 0.893 bits per heavy atom. The fraction of sp³-hybridized carbons (Fsp3) is 0.556. The van der Waals surface area contributed by atoms with E-state index in [1.165, 1.54) is 54.0 Å². The highest BCUT2D eigenvalue weighted by molar-refractivity contribution is 6.06. The van der Waals surface area contributed by atoms with Gasteiger partial charge in [0.25, 0.3) is 0 Å². The molecule has 1 aromatic heterocycles. The monoisotopic (exact) mass is 374 g/mol. The molecule has 0 radical (unpaired) electrons. The fourth-order valence-electron chi connectivity index (χ4n) is 6.72. The quantitative estimate of drug-likeness (QED) is 0.420. The van der Waals surface area contributed by atoms with Gasteiger partial charge in [0.1, 0.15) is 11.2 Å². The Morgan fingerprint density at radius 2 is 1.61 bits per heavy atom. The largest absolute Gasteiger partial charge is 0.456 e. The topological polar surface area (TPSA) is 13.1 Å². The molecule has 0 spiro atoms. The Morgan fingerprint density at radius 3 is 2.29 bits per heavy atom. The highest BCUT2D eigenvalue weighted by Gasteiger charge is 2.46. The van der Waals surface area contributed by atoms with Gasteiger partial charge in [-0.15, -0.1) is 0 Å². The third kappa shape index (κ3) is 2.81. The fourth-order valence-corrected chi connectivity index (χ4v) is 6.72. The number of para-hydroxylation sites is 1. The summed E-state index contributed by atoms with van der Waals surface area (Å²) < 4.78 is 6.63. The zero-order valence-electron chi connectivity index (χ0n) is 18.1. The van der Waals surface area contributed by atoms with E-state index in [0.29, 0.717) is 5.41 Å². The van der Waals surface area contributed by atoms with Crippen LogP contribution in [0.25, 0.3) is 21.9 Å². The Bertz CT molecular complexity index is 1010. The van der Waals surface area contributed by atoms with Crippen molar-refractivity contribution in [3.8, 4) is 0 Å². The van der Waals surface area contributed by atoms with Crippen LogP contribution in [0.5, 0.6) is 0 Å². The van der Waals surface area contributed by atoms with Crippen molar-refractivity contribution in [2.24, 2.45) is 17.8 Å².